The van der Waals surface area contributed by atoms with E-state index in [1.165, 1.54) is 32.4 Å². The molecule has 364 valence electrons. The smallest absolute Gasteiger partial charge is 0.343 e. The molecule has 15 nitrogen and oxygen atoms in total. The van der Waals surface area contributed by atoms with Crippen molar-refractivity contribution in [3.63, 3.8) is 0 Å². The van der Waals surface area contributed by atoms with Crippen LogP contribution in [-0.4, -0.2) is 77.6 Å². The van der Waals surface area contributed by atoms with Gasteiger partial charge in [0.2, 0.25) is 0 Å². The fourth-order valence-electron chi connectivity index (χ4n) is 6.77. The maximum absolute atomic E-state index is 13.5. The van der Waals surface area contributed by atoms with Crippen LogP contribution < -0.4 is 30.4 Å². The molecule has 0 bridgehead atoms. The summed E-state index contributed by atoms with van der Waals surface area (Å²) in [5.74, 6) is -0.957. The molecule has 4 aromatic carbocycles. The van der Waals surface area contributed by atoms with Crippen LogP contribution in [0.3, 0.4) is 0 Å². The number of methoxy groups -OCH3 is 3. The summed E-state index contributed by atoms with van der Waals surface area (Å²) in [4.78, 5) is 61.6. The molecule has 0 unspecified atom stereocenters. The van der Waals surface area contributed by atoms with Crippen molar-refractivity contribution < 1.29 is 61.9 Å². The molecule has 0 spiro atoms. The van der Waals surface area contributed by atoms with Gasteiger partial charge in [-0.1, -0.05) is 63.1 Å². The average molecular weight is 937 g/mol. The number of unbranched alkanes of at least 4 members (excludes halogenated alkanes) is 11. The Bertz CT molecular complexity index is 2290. The maximum atomic E-state index is 13.5. The minimum absolute atomic E-state index is 0.150. The fourth-order valence-corrected chi connectivity index (χ4v) is 6.77. The summed E-state index contributed by atoms with van der Waals surface area (Å²) >= 11 is 0. The van der Waals surface area contributed by atoms with Crippen molar-refractivity contribution in [1.82, 2.24) is 0 Å². The van der Waals surface area contributed by atoms with Gasteiger partial charge >= 0.3 is 29.8 Å². The van der Waals surface area contributed by atoms with Gasteiger partial charge in [-0.15, -0.1) is 0 Å². The normalized spacial score (nSPS) is 11.0. The van der Waals surface area contributed by atoms with Gasteiger partial charge < -0.3 is 49.4 Å². The Hall–Kier alpha value is -7.29. The van der Waals surface area contributed by atoms with Crippen LogP contribution in [0, 0.1) is 0 Å². The minimum atomic E-state index is -0.629. The first-order valence-electron chi connectivity index (χ1n) is 22.9. The molecule has 0 atom stereocenters. The standard InChI is InChI=1S/C53H64N2O13/c1-61-48-33-39(21-28-50(57)63-3)19-25-47(48)65-30-14-12-11-13-29-64-46-26-24-44(68-52(59)40-22-17-38(18-23-40)20-27-49(56)62-2)37-45(46)53(60)67-32-16-10-8-6-4-5-7-9-15-31-66-51(58)41-34-42(54)36-43(55)35-41/h17-28,33-37H,4-16,29-32,54-55H2,1-3H3/b27-20+,28-21+. The molecule has 0 aliphatic carbocycles. The van der Waals surface area contributed by atoms with Crippen LogP contribution in [-0.2, 0) is 28.5 Å². The van der Waals surface area contributed by atoms with E-state index < -0.39 is 29.8 Å². The highest BCUT2D eigenvalue weighted by Gasteiger charge is 2.18. The van der Waals surface area contributed by atoms with Crippen molar-refractivity contribution in [3.05, 3.63) is 119 Å². The van der Waals surface area contributed by atoms with E-state index in [-0.39, 0.29) is 23.5 Å². The van der Waals surface area contributed by atoms with Gasteiger partial charge in [-0.05, 0) is 122 Å². The number of carbonyl (C=O) groups is 5. The van der Waals surface area contributed by atoms with Crippen LogP contribution in [0.5, 0.6) is 23.0 Å². The molecule has 0 aliphatic heterocycles. The molecule has 0 aliphatic rings. The molecule has 0 saturated heterocycles. The van der Waals surface area contributed by atoms with E-state index in [1.54, 1.807) is 86.0 Å². The van der Waals surface area contributed by atoms with Crippen molar-refractivity contribution >= 4 is 53.4 Å². The number of hydrogen-bond acceptors (Lipinski definition) is 15. The number of hydrogen-bond donors (Lipinski definition) is 2. The Morgan fingerprint density at radius 1 is 0.456 bits per heavy atom. The molecule has 68 heavy (non-hydrogen) atoms. The first kappa shape index (κ1) is 53.3. The van der Waals surface area contributed by atoms with E-state index in [0.717, 1.165) is 82.6 Å². The van der Waals surface area contributed by atoms with E-state index in [2.05, 4.69) is 9.47 Å². The Kier molecular flexibility index (Phi) is 23.6. The third-order valence-corrected chi connectivity index (χ3v) is 10.5. The lowest BCUT2D eigenvalue weighted by molar-refractivity contribution is -0.135. The molecule has 4 N–H and O–H groups in total. The number of ether oxygens (including phenoxy) is 8. The molecule has 0 saturated carbocycles. The number of anilines is 2. The Balaban J connectivity index is 1.20. The molecule has 0 heterocycles. The summed E-state index contributed by atoms with van der Waals surface area (Å²) in [5.41, 5.74) is 14.6. The molecular weight excluding hydrogens is 873 g/mol. The van der Waals surface area contributed by atoms with Gasteiger partial charge in [-0.3, -0.25) is 0 Å². The predicted octanol–water partition coefficient (Wildman–Crippen LogP) is 9.99. The van der Waals surface area contributed by atoms with Gasteiger partial charge in [0.1, 0.15) is 17.1 Å². The summed E-state index contributed by atoms with van der Waals surface area (Å²) in [7, 11) is 4.16. The lowest BCUT2D eigenvalue weighted by Gasteiger charge is -2.14. The first-order chi connectivity index (χ1) is 33.0. The van der Waals surface area contributed by atoms with E-state index in [9.17, 15) is 24.0 Å². The maximum Gasteiger partial charge on any atom is 0.343 e. The summed E-state index contributed by atoms with van der Waals surface area (Å²) in [6, 6.07) is 21.2. The van der Waals surface area contributed by atoms with Crippen molar-refractivity contribution in [1.29, 1.82) is 0 Å². The first-order valence-corrected chi connectivity index (χ1v) is 22.9. The van der Waals surface area contributed by atoms with Gasteiger partial charge in [-0.25, -0.2) is 24.0 Å². The summed E-state index contributed by atoms with van der Waals surface area (Å²) in [6.45, 7) is 1.40. The van der Waals surface area contributed by atoms with Crippen LogP contribution >= 0.6 is 0 Å². The number of esters is 5. The van der Waals surface area contributed by atoms with Crippen molar-refractivity contribution in [2.24, 2.45) is 0 Å². The monoisotopic (exact) mass is 936 g/mol. The van der Waals surface area contributed by atoms with Crippen LogP contribution in [0.25, 0.3) is 12.2 Å². The van der Waals surface area contributed by atoms with Crippen LogP contribution in [0.4, 0.5) is 11.4 Å². The van der Waals surface area contributed by atoms with Gasteiger partial charge in [0.25, 0.3) is 0 Å². The molecule has 0 radical (unpaired) electrons. The summed E-state index contributed by atoms with van der Waals surface area (Å²) in [6.07, 6.45) is 17.7. The van der Waals surface area contributed by atoms with Crippen molar-refractivity contribution in [2.45, 2.75) is 83.5 Å². The summed E-state index contributed by atoms with van der Waals surface area (Å²) < 4.78 is 43.4. The molecule has 15 heteroatoms. The van der Waals surface area contributed by atoms with Gasteiger partial charge in [-0.2, -0.15) is 0 Å². The highest BCUT2D eigenvalue weighted by Crippen LogP contribution is 2.30. The quantitative estimate of drug-likeness (QED) is 0.0124. The zero-order valence-electron chi connectivity index (χ0n) is 39.3. The number of carbonyl (C=O) groups excluding carboxylic acids is 5. The van der Waals surface area contributed by atoms with E-state index in [4.69, 9.17) is 39.9 Å². The zero-order chi connectivity index (χ0) is 48.9. The van der Waals surface area contributed by atoms with Gasteiger partial charge in [0, 0.05) is 23.5 Å². The van der Waals surface area contributed by atoms with Gasteiger partial charge in [0.05, 0.1) is 58.9 Å². The third kappa shape index (κ3) is 19.7. The second kappa shape index (κ2) is 30.1. The number of benzene rings is 4. The largest absolute Gasteiger partial charge is 0.493 e. The zero-order valence-corrected chi connectivity index (χ0v) is 39.3. The SMILES string of the molecule is COC(=O)/C=C/c1ccc(C(=O)Oc2ccc(OCCCCCCOc3ccc(/C=C/C(=O)OC)cc3OC)c(C(=O)OCCCCCCCCCCCOC(=O)c3cc(N)cc(N)c3)c2)cc1. The fraction of sp³-hybridized carbons (Fsp3) is 0.377. The van der Waals surface area contributed by atoms with Crippen molar-refractivity contribution in [2.75, 3.05) is 59.2 Å². The lowest BCUT2D eigenvalue weighted by atomic mass is 10.1. The highest BCUT2D eigenvalue weighted by molar-refractivity contribution is 5.95. The highest BCUT2D eigenvalue weighted by atomic mass is 16.6. The average Bonchev–Trinajstić information content (AvgIpc) is 3.34. The number of nitrogens with two attached hydrogens (primary N) is 2. The molecular formula is C53H64N2O13. The van der Waals surface area contributed by atoms with Crippen LogP contribution in [0.2, 0.25) is 0 Å². The molecule has 4 aromatic rings. The second-order valence-electron chi connectivity index (χ2n) is 15.7. The third-order valence-electron chi connectivity index (χ3n) is 10.5. The van der Waals surface area contributed by atoms with E-state index in [0.29, 0.717) is 66.0 Å². The summed E-state index contributed by atoms with van der Waals surface area (Å²) in [5, 5.41) is 0. The van der Waals surface area contributed by atoms with E-state index in [1.807, 2.05) is 6.07 Å². The Labute approximate surface area is 398 Å². The number of rotatable bonds is 30. The van der Waals surface area contributed by atoms with Crippen LogP contribution in [0.15, 0.2) is 91.0 Å². The molecule has 0 fully saturated rings. The molecule has 0 amide bonds. The second-order valence-corrected chi connectivity index (χ2v) is 15.7. The number of nitrogen functional groups attached to an aromatic ring is 2. The lowest BCUT2D eigenvalue weighted by Crippen LogP contribution is -2.12. The Morgan fingerprint density at radius 2 is 0.941 bits per heavy atom. The topological polar surface area (TPSA) is 211 Å². The van der Waals surface area contributed by atoms with Crippen molar-refractivity contribution in [3.8, 4) is 23.0 Å². The molecule has 0 aromatic heterocycles. The minimum Gasteiger partial charge on any atom is -0.493 e. The predicted molar refractivity (Wildman–Crippen MR) is 260 cm³/mol. The van der Waals surface area contributed by atoms with Crippen LogP contribution in [0.1, 0.15) is 126 Å². The Morgan fingerprint density at radius 3 is 1.50 bits per heavy atom. The molecule has 4 rings (SSSR count). The van der Waals surface area contributed by atoms with E-state index >= 15 is 0 Å². The van der Waals surface area contributed by atoms with Gasteiger partial charge in [0.15, 0.2) is 11.5 Å².